The number of ether oxygens (including phenoxy) is 2. The summed E-state index contributed by atoms with van der Waals surface area (Å²) in [6.45, 7) is 1.66. The molecule has 0 fully saturated rings. The van der Waals surface area contributed by atoms with Crippen LogP contribution in [0, 0.1) is 5.82 Å². The molecule has 0 spiro atoms. The van der Waals surface area contributed by atoms with Crippen molar-refractivity contribution in [1.29, 1.82) is 0 Å². The number of hydrogen-bond acceptors (Lipinski definition) is 4. The largest absolute Gasteiger partial charge is 0.495 e. The monoisotopic (exact) mass is 426 g/mol. The lowest BCUT2D eigenvalue weighted by atomic mass is 9.96. The highest BCUT2D eigenvalue weighted by molar-refractivity contribution is 6.06. The van der Waals surface area contributed by atoms with E-state index >= 15 is 0 Å². The first-order valence-electron chi connectivity index (χ1n) is 8.96. The molecular formula is C20H18F4N2O4. The standard InChI is InChI=1S/C20H18F4N2O4/c1-3-30-17(27)10-14-12-5-4-6-13(21)18(12)25-19(28)26(14)15-9-11(20(22,23)24)7-8-16(15)29-2/h4-9,14H,3,10H2,1-2H3,(H,25,28). The van der Waals surface area contributed by atoms with Crippen LogP contribution < -0.4 is 15.0 Å². The number of hydrogen-bond donors (Lipinski definition) is 1. The number of urea groups is 1. The molecule has 0 saturated carbocycles. The van der Waals surface area contributed by atoms with Gasteiger partial charge in [-0.3, -0.25) is 9.69 Å². The Kier molecular flexibility index (Phi) is 5.86. The Morgan fingerprint density at radius 2 is 1.97 bits per heavy atom. The number of benzene rings is 2. The van der Waals surface area contributed by atoms with E-state index in [1.807, 2.05) is 0 Å². The lowest BCUT2D eigenvalue weighted by Crippen LogP contribution is -2.44. The second-order valence-corrected chi connectivity index (χ2v) is 6.41. The van der Waals surface area contributed by atoms with Crippen LogP contribution >= 0.6 is 0 Å². The van der Waals surface area contributed by atoms with Crippen LogP contribution in [0.4, 0.5) is 33.7 Å². The fourth-order valence-corrected chi connectivity index (χ4v) is 3.31. The molecule has 1 unspecified atom stereocenters. The zero-order valence-electron chi connectivity index (χ0n) is 16.0. The lowest BCUT2D eigenvalue weighted by molar-refractivity contribution is -0.143. The number of carbonyl (C=O) groups is 2. The van der Waals surface area contributed by atoms with Crippen LogP contribution in [0.25, 0.3) is 0 Å². The van der Waals surface area contributed by atoms with Gasteiger partial charge in [-0.25, -0.2) is 9.18 Å². The van der Waals surface area contributed by atoms with Crippen LogP contribution in [0.2, 0.25) is 0 Å². The number of nitrogens with one attached hydrogen (secondary N) is 1. The summed E-state index contributed by atoms with van der Waals surface area (Å²) >= 11 is 0. The maximum absolute atomic E-state index is 14.3. The van der Waals surface area contributed by atoms with Gasteiger partial charge in [0.15, 0.2) is 0 Å². The summed E-state index contributed by atoms with van der Waals surface area (Å²) in [5.74, 6) is -1.44. The van der Waals surface area contributed by atoms with Crippen molar-refractivity contribution in [2.45, 2.75) is 25.6 Å². The molecular weight excluding hydrogens is 408 g/mol. The van der Waals surface area contributed by atoms with Gasteiger partial charge in [0.05, 0.1) is 43.1 Å². The van der Waals surface area contributed by atoms with Crippen molar-refractivity contribution in [3.63, 3.8) is 0 Å². The van der Waals surface area contributed by atoms with Crippen LogP contribution in [0.5, 0.6) is 5.75 Å². The molecule has 30 heavy (non-hydrogen) atoms. The fourth-order valence-electron chi connectivity index (χ4n) is 3.31. The number of esters is 1. The molecule has 0 radical (unpaired) electrons. The van der Waals surface area contributed by atoms with Gasteiger partial charge >= 0.3 is 18.2 Å². The molecule has 0 aromatic heterocycles. The minimum atomic E-state index is -4.67. The van der Waals surface area contributed by atoms with E-state index < -0.39 is 42.0 Å². The Labute approximate surface area is 169 Å². The van der Waals surface area contributed by atoms with E-state index in [4.69, 9.17) is 9.47 Å². The minimum Gasteiger partial charge on any atom is -0.495 e. The van der Waals surface area contributed by atoms with Crippen LogP contribution in [0.3, 0.4) is 0 Å². The van der Waals surface area contributed by atoms with Crippen molar-refractivity contribution in [2.24, 2.45) is 0 Å². The van der Waals surface area contributed by atoms with Gasteiger partial charge in [-0.15, -0.1) is 0 Å². The van der Waals surface area contributed by atoms with Crippen molar-refractivity contribution >= 4 is 23.4 Å². The molecule has 1 aliphatic rings. The van der Waals surface area contributed by atoms with Crippen molar-refractivity contribution < 1.29 is 36.6 Å². The third-order valence-corrected chi connectivity index (χ3v) is 4.60. The highest BCUT2D eigenvalue weighted by Gasteiger charge is 2.39. The van der Waals surface area contributed by atoms with E-state index in [1.165, 1.54) is 19.2 Å². The maximum Gasteiger partial charge on any atom is 0.416 e. The summed E-state index contributed by atoms with van der Waals surface area (Å²) in [5.41, 5.74) is -1.14. The second-order valence-electron chi connectivity index (χ2n) is 6.41. The van der Waals surface area contributed by atoms with Crippen molar-refractivity contribution in [3.05, 3.63) is 53.3 Å². The van der Waals surface area contributed by atoms with Gasteiger partial charge in [0.1, 0.15) is 11.6 Å². The molecule has 6 nitrogen and oxygen atoms in total. The van der Waals surface area contributed by atoms with Crippen LogP contribution in [-0.4, -0.2) is 25.7 Å². The first-order valence-corrected chi connectivity index (χ1v) is 8.96. The van der Waals surface area contributed by atoms with Crippen molar-refractivity contribution in [3.8, 4) is 5.75 Å². The zero-order chi connectivity index (χ0) is 22.1. The summed E-state index contributed by atoms with van der Waals surface area (Å²) < 4.78 is 64.2. The highest BCUT2D eigenvalue weighted by Crippen LogP contribution is 2.44. The Hall–Kier alpha value is -3.30. The number of anilines is 2. The predicted molar refractivity (Wildman–Crippen MR) is 99.9 cm³/mol. The smallest absolute Gasteiger partial charge is 0.416 e. The number of amides is 2. The van der Waals surface area contributed by atoms with Crippen molar-refractivity contribution in [1.82, 2.24) is 0 Å². The summed E-state index contributed by atoms with van der Waals surface area (Å²) in [7, 11) is 1.24. The minimum absolute atomic E-state index is 0.0214. The Balaban J connectivity index is 2.18. The van der Waals surface area contributed by atoms with Gasteiger partial charge in [0.25, 0.3) is 0 Å². The number of halogens is 4. The van der Waals surface area contributed by atoms with E-state index in [0.717, 1.165) is 29.2 Å². The van der Waals surface area contributed by atoms with Gasteiger partial charge in [-0.05, 0) is 31.2 Å². The SMILES string of the molecule is CCOC(=O)CC1c2cccc(F)c2NC(=O)N1c1cc(C(F)(F)F)ccc1OC. The Bertz CT molecular complexity index is 978. The Morgan fingerprint density at radius 3 is 2.60 bits per heavy atom. The van der Waals surface area contributed by atoms with E-state index in [9.17, 15) is 27.2 Å². The van der Waals surface area contributed by atoms with Gasteiger partial charge in [0, 0.05) is 5.56 Å². The van der Waals surface area contributed by atoms with Crippen molar-refractivity contribution in [2.75, 3.05) is 23.9 Å². The highest BCUT2D eigenvalue weighted by atomic mass is 19.4. The number of alkyl halides is 3. The number of rotatable bonds is 5. The van der Waals surface area contributed by atoms with Crippen LogP contribution in [0.15, 0.2) is 36.4 Å². The zero-order valence-corrected chi connectivity index (χ0v) is 16.0. The Morgan fingerprint density at radius 1 is 1.23 bits per heavy atom. The molecule has 2 aromatic rings. The molecule has 10 heteroatoms. The second kappa shape index (κ2) is 8.21. The maximum atomic E-state index is 14.3. The van der Waals surface area contributed by atoms with E-state index in [0.29, 0.717) is 0 Å². The molecule has 0 saturated heterocycles. The number of nitrogens with zero attached hydrogens (tertiary/aromatic N) is 1. The third kappa shape index (κ3) is 4.03. The van der Waals surface area contributed by atoms with E-state index in [1.54, 1.807) is 6.92 Å². The van der Waals surface area contributed by atoms with Gasteiger partial charge in [-0.2, -0.15) is 13.2 Å². The average Bonchev–Trinajstić information content (AvgIpc) is 2.68. The molecule has 1 heterocycles. The molecule has 1 aliphatic heterocycles. The van der Waals surface area contributed by atoms with Crippen LogP contribution in [-0.2, 0) is 15.7 Å². The number of para-hydroxylation sites is 1. The first-order chi connectivity index (χ1) is 14.2. The quantitative estimate of drug-likeness (QED) is 0.546. The first kappa shape index (κ1) is 21.4. The fraction of sp³-hybridized carbons (Fsp3) is 0.300. The molecule has 3 rings (SSSR count). The van der Waals surface area contributed by atoms with Crippen LogP contribution in [0.1, 0.15) is 30.5 Å². The number of methoxy groups -OCH3 is 1. The molecule has 1 atom stereocenters. The molecule has 1 N–H and O–H groups in total. The normalized spacial score (nSPS) is 16.0. The molecule has 2 aromatic carbocycles. The summed E-state index contributed by atoms with van der Waals surface area (Å²) in [5, 5.41) is 2.34. The number of carbonyl (C=O) groups excluding carboxylic acids is 2. The molecule has 0 aliphatic carbocycles. The van der Waals surface area contributed by atoms with Gasteiger partial charge in [0.2, 0.25) is 0 Å². The number of fused-ring (bicyclic) bond motifs is 1. The van der Waals surface area contributed by atoms with Gasteiger partial charge < -0.3 is 14.8 Å². The molecule has 0 bridgehead atoms. The van der Waals surface area contributed by atoms with E-state index in [2.05, 4.69) is 5.32 Å². The predicted octanol–water partition coefficient (Wildman–Crippen LogP) is 4.90. The topological polar surface area (TPSA) is 67.9 Å². The average molecular weight is 426 g/mol. The summed E-state index contributed by atoms with van der Waals surface area (Å²) in [6, 6.07) is 4.62. The summed E-state index contributed by atoms with van der Waals surface area (Å²) in [4.78, 5) is 26.0. The summed E-state index contributed by atoms with van der Waals surface area (Å²) in [6.07, 6.45) is -5.06. The van der Waals surface area contributed by atoms with Gasteiger partial charge in [-0.1, -0.05) is 12.1 Å². The lowest BCUT2D eigenvalue weighted by Gasteiger charge is -2.37. The third-order valence-electron chi connectivity index (χ3n) is 4.60. The molecule has 160 valence electrons. The van der Waals surface area contributed by atoms with E-state index in [-0.39, 0.29) is 29.3 Å². The molecule has 2 amide bonds.